The Kier molecular flexibility index (Phi) is 7.06. The number of nitrogens with zero attached hydrogens (tertiary/aromatic N) is 1. The molecule has 2 rings (SSSR count). The molecule has 0 radical (unpaired) electrons. The maximum absolute atomic E-state index is 12.1. The van der Waals surface area contributed by atoms with Crippen molar-refractivity contribution in [3.63, 3.8) is 0 Å². The SMILES string of the molecule is COc1ccc(CCC(=O)OCC(=O)N(C)[C@H]2CCS(=O)(=O)C2)cc1OC. The molecule has 1 heterocycles. The van der Waals surface area contributed by atoms with E-state index < -0.39 is 28.3 Å². The fourth-order valence-corrected chi connectivity index (χ4v) is 4.66. The lowest BCUT2D eigenvalue weighted by atomic mass is 10.1. The molecule has 1 amide bonds. The number of methoxy groups -OCH3 is 2. The second-order valence-electron chi connectivity index (χ2n) is 6.41. The molecule has 1 fully saturated rings. The number of rotatable bonds is 8. The zero-order chi connectivity index (χ0) is 20.0. The summed E-state index contributed by atoms with van der Waals surface area (Å²) in [5.74, 6) is 0.323. The van der Waals surface area contributed by atoms with Crippen molar-refractivity contribution < 1.29 is 32.2 Å². The normalized spacial score (nSPS) is 18.0. The molecule has 0 saturated carbocycles. The molecule has 8 nitrogen and oxygen atoms in total. The number of hydrogen-bond donors (Lipinski definition) is 0. The van der Waals surface area contributed by atoms with Gasteiger partial charge in [-0.05, 0) is 30.5 Å². The Morgan fingerprint density at radius 2 is 1.89 bits per heavy atom. The molecule has 0 N–H and O–H groups in total. The van der Waals surface area contributed by atoms with Gasteiger partial charge in [-0.2, -0.15) is 0 Å². The maximum atomic E-state index is 12.1. The fraction of sp³-hybridized carbons (Fsp3) is 0.556. The summed E-state index contributed by atoms with van der Waals surface area (Å²) < 4.78 is 38.4. The molecule has 1 aromatic carbocycles. The van der Waals surface area contributed by atoms with Gasteiger partial charge in [0, 0.05) is 19.5 Å². The predicted octanol–water partition coefficient (Wildman–Crippen LogP) is 0.825. The van der Waals surface area contributed by atoms with Crippen LogP contribution in [0, 0.1) is 0 Å². The molecule has 27 heavy (non-hydrogen) atoms. The van der Waals surface area contributed by atoms with Crippen LogP contribution in [0.2, 0.25) is 0 Å². The van der Waals surface area contributed by atoms with E-state index in [0.29, 0.717) is 24.3 Å². The summed E-state index contributed by atoms with van der Waals surface area (Å²) in [4.78, 5) is 25.4. The molecule has 0 unspecified atom stereocenters. The second kappa shape index (κ2) is 9.07. The van der Waals surface area contributed by atoms with E-state index in [1.165, 1.54) is 19.1 Å². The number of benzene rings is 1. The fourth-order valence-electron chi connectivity index (χ4n) is 2.88. The number of sulfone groups is 1. The summed E-state index contributed by atoms with van der Waals surface area (Å²) in [6, 6.07) is 5.01. The molecule has 1 atom stereocenters. The minimum Gasteiger partial charge on any atom is -0.493 e. The van der Waals surface area contributed by atoms with Crippen LogP contribution in [0.3, 0.4) is 0 Å². The Morgan fingerprint density at radius 1 is 1.19 bits per heavy atom. The molecule has 0 spiro atoms. The van der Waals surface area contributed by atoms with Crippen molar-refractivity contribution >= 4 is 21.7 Å². The van der Waals surface area contributed by atoms with Crippen molar-refractivity contribution in [3.8, 4) is 11.5 Å². The average Bonchev–Trinajstić information content (AvgIpc) is 3.03. The Morgan fingerprint density at radius 3 is 2.48 bits per heavy atom. The lowest BCUT2D eigenvalue weighted by Gasteiger charge is -2.23. The maximum Gasteiger partial charge on any atom is 0.306 e. The monoisotopic (exact) mass is 399 g/mol. The van der Waals surface area contributed by atoms with Crippen LogP contribution in [-0.4, -0.2) is 70.6 Å². The van der Waals surface area contributed by atoms with E-state index in [1.807, 2.05) is 6.07 Å². The third-order valence-corrected chi connectivity index (χ3v) is 6.32. The van der Waals surface area contributed by atoms with E-state index in [-0.39, 0.29) is 24.0 Å². The lowest BCUT2D eigenvalue weighted by molar-refractivity contribution is -0.152. The third kappa shape index (κ3) is 5.85. The topological polar surface area (TPSA) is 99.2 Å². The van der Waals surface area contributed by atoms with Crippen LogP contribution in [0.15, 0.2) is 18.2 Å². The summed E-state index contributed by atoms with van der Waals surface area (Å²) >= 11 is 0. The lowest BCUT2D eigenvalue weighted by Crippen LogP contribution is -2.40. The number of carbonyl (C=O) groups excluding carboxylic acids is 2. The molecule has 1 aromatic rings. The van der Waals surface area contributed by atoms with Crippen molar-refractivity contribution in [1.82, 2.24) is 4.90 Å². The highest BCUT2D eigenvalue weighted by Crippen LogP contribution is 2.28. The highest BCUT2D eigenvalue weighted by atomic mass is 32.2. The number of amides is 1. The highest BCUT2D eigenvalue weighted by molar-refractivity contribution is 7.91. The zero-order valence-corrected chi connectivity index (χ0v) is 16.6. The number of likely N-dealkylation sites (N-methyl/N-ethyl adjacent to an activating group) is 1. The minimum absolute atomic E-state index is 0.0392. The van der Waals surface area contributed by atoms with Gasteiger partial charge in [0.25, 0.3) is 5.91 Å². The molecule has 0 aliphatic carbocycles. The van der Waals surface area contributed by atoms with Crippen LogP contribution in [-0.2, 0) is 30.6 Å². The molecule has 150 valence electrons. The van der Waals surface area contributed by atoms with Crippen LogP contribution in [0.4, 0.5) is 0 Å². The van der Waals surface area contributed by atoms with Crippen LogP contribution in [0.1, 0.15) is 18.4 Å². The Bertz CT molecular complexity index is 791. The van der Waals surface area contributed by atoms with Crippen molar-refractivity contribution in [1.29, 1.82) is 0 Å². The standard InChI is InChI=1S/C18H25NO7S/c1-19(14-8-9-27(22,23)12-14)17(20)11-26-18(21)7-5-13-4-6-15(24-2)16(10-13)25-3/h4,6,10,14H,5,7-9,11-12H2,1-3H3/t14-/m0/s1. The van der Waals surface area contributed by atoms with Crippen molar-refractivity contribution in [3.05, 3.63) is 23.8 Å². The van der Waals surface area contributed by atoms with E-state index in [2.05, 4.69) is 0 Å². The van der Waals surface area contributed by atoms with Gasteiger partial charge in [-0.3, -0.25) is 9.59 Å². The molecule has 1 aliphatic rings. The quantitative estimate of drug-likeness (QED) is 0.597. The van der Waals surface area contributed by atoms with Crippen LogP contribution in [0.5, 0.6) is 11.5 Å². The summed E-state index contributed by atoms with van der Waals surface area (Å²) in [6.45, 7) is -0.391. The molecule has 1 saturated heterocycles. The van der Waals surface area contributed by atoms with E-state index in [1.54, 1.807) is 19.2 Å². The summed E-state index contributed by atoms with van der Waals surface area (Å²) in [6.07, 6.45) is 0.964. The van der Waals surface area contributed by atoms with Crippen molar-refractivity contribution in [2.45, 2.75) is 25.3 Å². The van der Waals surface area contributed by atoms with Gasteiger partial charge in [0.1, 0.15) is 0 Å². The first-order chi connectivity index (χ1) is 12.8. The predicted molar refractivity (Wildman–Crippen MR) is 98.7 cm³/mol. The molecule has 0 bridgehead atoms. The number of esters is 1. The average molecular weight is 399 g/mol. The van der Waals surface area contributed by atoms with Crippen molar-refractivity contribution in [2.24, 2.45) is 0 Å². The zero-order valence-electron chi connectivity index (χ0n) is 15.8. The van der Waals surface area contributed by atoms with Gasteiger partial charge in [-0.25, -0.2) is 8.42 Å². The number of hydrogen-bond acceptors (Lipinski definition) is 7. The van der Waals surface area contributed by atoms with Gasteiger partial charge in [0.15, 0.2) is 27.9 Å². The molecular formula is C18H25NO7S. The molecule has 1 aliphatic heterocycles. The smallest absolute Gasteiger partial charge is 0.306 e. The Balaban J connectivity index is 1.78. The number of ether oxygens (including phenoxy) is 3. The first-order valence-electron chi connectivity index (χ1n) is 8.58. The Hall–Kier alpha value is -2.29. The van der Waals surface area contributed by atoms with E-state index in [4.69, 9.17) is 14.2 Å². The molecule has 9 heteroatoms. The van der Waals surface area contributed by atoms with Gasteiger partial charge in [0.05, 0.1) is 25.7 Å². The van der Waals surface area contributed by atoms with Gasteiger partial charge in [-0.1, -0.05) is 6.07 Å². The number of aryl methyl sites for hydroxylation is 1. The van der Waals surface area contributed by atoms with E-state index in [9.17, 15) is 18.0 Å². The summed E-state index contributed by atoms with van der Waals surface area (Å²) in [5.41, 5.74) is 0.879. The van der Waals surface area contributed by atoms with Gasteiger partial charge in [0.2, 0.25) is 0 Å². The van der Waals surface area contributed by atoms with Crippen LogP contribution >= 0.6 is 0 Å². The van der Waals surface area contributed by atoms with Gasteiger partial charge < -0.3 is 19.1 Å². The highest BCUT2D eigenvalue weighted by Gasteiger charge is 2.32. The first kappa shape index (κ1) is 21.0. The third-order valence-electron chi connectivity index (χ3n) is 4.57. The first-order valence-corrected chi connectivity index (χ1v) is 10.4. The van der Waals surface area contributed by atoms with Crippen LogP contribution in [0.25, 0.3) is 0 Å². The van der Waals surface area contributed by atoms with Gasteiger partial charge >= 0.3 is 5.97 Å². The molecule has 0 aromatic heterocycles. The van der Waals surface area contributed by atoms with E-state index >= 15 is 0 Å². The summed E-state index contributed by atoms with van der Waals surface area (Å²) in [5, 5.41) is 0. The Labute approximate surface area is 159 Å². The van der Waals surface area contributed by atoms with Crippen molar-refractivity contribution in [2.75, 3.05) is 39.4 Å². The largest absolute Gasteiger partial charge is 0.493 e. The van der Waals surface area contributed by atoms with E-state index in [0.717, 1.165) is 5.56 Å². The second-order valence-corrected chi connectivity index (χ2v) is 8.64. The number of carbonyl (C=O) groups is 2. The molecular weight excluding hydrogens is 374 g/mol. The van der Waals surface area contributed by atoms with Crippen LogP contribution < -0.4 is 9.47 Å². The summed E-state index contributed by atoms with van der Waals surface area (Å²) in [7, 11) is 1.54. The minimum atomic E-state index is -3.08. The van der Waals surface area contributed by atoms with Gasteiger partial charge in [-0.15, -0.1) is 0 Å².